The predicted molar refractivity (Wildman–Crippen MR) is 120 cm³/mol. The Hall–Kier alpha value is -2.15. The number of benzene rings is 1. The molecule has 0 atom stereocenters. The van der Waals surface area contributed by atoms with E-state index in [2.05, 4.69) is 32.1 Å². The third-order valence-electron chi connectivity index (χ3n) is 5.15. The van der Waals surface area contributed by atoms with Crippen LogP contribution in [0.1, 0.15) is 12.2 Å². The zero-order valence-corrected chi connectivity index (χ0v) is 17.9. The van der Waals surface area contributed by atoms with Gasteiger partial charge in [-0.2, -0.15) is 0 Å². The molecule has 1 aliphatic rings. The van der Waals surface area contributed by atoms with Gasteiger partial charge < -0.3 is 15.1 Å². The summed E-state index contributed by atoms with van der Waals surface area (Å²) in [6, 6.07) is 9.61. The van der Waals surface area contributed by atoms with Gasteiger partial charge in [0.2, 0.25) is 0 Å². The van der Waals surface area contributed by atoms with Gasteiger partial charge in [-0.3, -0.25) is 4.98 Å². The molecule has 1 aliphatic heterocycles. The molecular formula is C21H24Cl2N6. The van der Waals surface area contributed by atoms with Crippen molar-refractivity contribution in [2.24, 2.45) is 0 Å². The first-order chi connectivity index (χ1) is 14.1. The van der Waals surface area contributed by atoms with Crippen molar-refractivity contribution in [2.45, 2.75) is 12.8 Å². The van der Waals surface area contributed by atoms with E-state index < -0.39 is 0 Å². The van der Waals surface area contributed by atoms with Crippen molar-refractivity contribution in [2.75, 3.05) is 50.0 Å². The number of hydrogen-bond acceptors (Lipinski definition) is 6. The Balaban J connectivity index is 1.36. The van der Waals surface area contributed by atoms with E-state index in [9.17, 15) is 0 Å². The molecule has 0 unspecified atom stereocenters. The highest BCUT2D eigenvalue weighted by Gasteiger charge is 2.16. The number of nitrogens with zero attached hydrogens (tertiary/aromatic N) is 5. The molecule has 1 fully saturated rings. The van der Waals surface area contributed by atoms with E-state index in [1.54, 1.807) is 6.20 Å². The summed E-state index contributed by atoms with van der Waals surface area (Å²) in [5, 5.41) is 5.75. The summed E-state index contributed by atoms with van der Waals surface area (Å²) in [7, 11) is 2.14. The average molecular weight is 431 g/mol. The quantitative estimate of drug-likeness (QED) is 0.468. The van der Waals surface area contributed by atoms with Crippen LogP contribution in [-0.4, -0.2) is 59.6 Å². The topological polar surface area (TPSA) is 57.2 Å². The number of piperazine rings is 1. The number of pyridine rings is 1. The van der Waals surface area contributed by atoms with Crippen LogP contribution in [-0.2, 0) is 6.42 Å². The SMILES string of the molecule is CN1CCN(c2cc(Cl)nc(CCCNc3ccnc4cc(Cl)ccc34)n2)CC1. The van der Waals surface area contributed by atoms with E-state index in [0.717, 1.165) is 73.8 Å². The zero-order valence-electron chi connectivity index (χ0n) is 16.4. The molecule has 3 aromatic rings. The molecule has 0 amide bonds. The molecule has 1 saturated heterocycles. The Morgan fingerprint density at radius 3 is 2.69 bits per heavy atom. The van der Waals surface area contributed by atoms with Gasteiger partial charge in [-0.15, -0.1) is 0 Å². The minimum atomic E-state index is 0.508. The molecule has 4 rings (SSSR count). The second kappa shape index (κ2) is 9.11. The van der Waals surface area contributed by atoms with Gasteiger partial charge in [0.25, 0.3) is 0 Å². The lowest BCUT2D eigenvalue weighted by Crippen LogP contribution is -2.44. The lowest BCUT2D eigenvalue weighted by molar-refractivity contribution is 0.312. The minimum Gasteiger partial charge on any atom is -0.384 e. The van der Waals surface area contributed by atoms with Crippen LogP contribution in [0.3, 0.4) is 0 Å². The third-order valence-corrected chi connectivity index (χ3v) is 5.58. The van der Waals surface area contributed by atoms with Crippen molar-refractivity contribution in [1.29, 1.82) is 0 Å². The summed E-state index contributed by atoms with van der Waals surface area (Å²) in [6.07, 6.45) is 3.46. The lowest BCUT2D eigenvalue weighted by Gasteiger charge is -2.33. The van der Waals surface area contributed by atoms with E-state index in [4.69, 9.17) is 28.2 Å². The van der Waals surface area contributed by atoms with Crippen LogP contribution in [0, 0.1) is 0 Å². The Morgan fingerprint density at radius 1 is 1.03 bits per heavy atom. The molecule has 0 saturated carbocycles. The molecule has 2 aromatic heterocycles. The summed E-state index contributed by atoms with van der Waals surface area (Å²) in [5.74, 6) is 1.72. The largest absolute Gasteiger partial charge is 0.384 e. The van der Waals surface area contributed by atoms with E-state index in [1.807, 2.05) is 30.3 Å². The third kappa shape index (κ3) is 5.07. The number of anilines is 2. The van der Waals surface area contributed by atoms with Crippen molar-refractivity contribution in [3.63, 3.8) is 0 Å². The summed E-state index contributed by atoms with van der Waals surface area (Å²) >= 11 is 12.3. The molecule has 8 heteroatoms. The van der Waals surface area contributed by atoms with Crippen molar-refractivity contribution >= 4 is 45.6 Å². The Kier molecular flexibility index (Phi) is 6.33. The van der Waals surface area contributed by atoms with Crippen LogP contribution in [0.2, 0.25) is 10.2 Å². The molecule has 0 radical (unpaired) electrons. The second-order valence-corrected chi connectivity index (χ2v) is 8.13. The standard InChI is InChI=1S/C21H24Cl2N6/c1-28-9-11-29(12-10-28)21-14-19(23)26-20(27-21)3-2-7-24-17-6-8-25-18-13-15(22)4-5-16(17)18/h4-6,8,13-14H,2-3,7,9-12H2,1H3,(H,24,25). The predicted octanol–water partition coefficient (Wildman–Crippen LogP) is 4.13. The number of aryl methyl sites for hydroxylation is 1. The summed E-state index contributed by atoms with van der Waals surface area (Å²) < 4.78 is 0. The molecule has 152 valence electrons. The van der Waals surface area contributed by atoms with Gasteiger partial charge in [-0.05, 0) is 37.7 Å². The van der Waals surface area contributed by atoms with Crippen LogP contribution in [0.5, 0.6) is 0 Å². The van der Waals surface area contributed by atoms with Crippen LogP contribution in [0.25, 0.3) is 10.9 Å². The fourth-order valence-electron chi connectivity index (χ4n) is 3.51. The van der Waals surface area contributed by atoms with Gasteiger partial charge in [-0.1, -0.05) is 23.2 Å². The maximum Gasteiger partial charge on any atom is 0.134 e. The molecule has 1 N–H and O–H groups in total. The van der Waals surface area contributed by atoms with Gasteiger partial charge in [-0.25, -0.2) is 9.97 Å². The van der Waals surface area contributed by atoms with Gasteiger partial charge in [0.15, 0.2) is 0 Å². The highest BCUT2D eigenvalue weighted by Crippen LogP contribution is 2.24. The van der Waals surface area contributed by atoms with Crippen LogP contribution >= 0.6 is 23.2 Å². The highest BCUT2D eigenvalue weighted by molar-refractivity contribution is 6.31. The van der Waals surface area contributed by atoms with Crippen LogP contribution < -0.4 is 10.2 Å². The second-order valence-electron chi connectivity index (χ2n) is 7.31. The molecule has 0 aliphatic carbocycles. The van der Waals surface area contributed by atoms with Crippen molar-refractivity contribution in [3.05, 3.63) is 52.5 Å². The smallest absolute Gasteiger partial charge is 0.134 e. The molecule has 0 spiro atoms. The highest BCUT2D eigenvalue weighted by atomic mass is 35.5. The first-order valence-corrected chi connectivity index (χ1v) is 10.6. The van der Waals surface area contributed by atoms with E-state index in [-0.39, 0.29) is 0 Å². The van der Waals surface area contributed by atoms with Gasteiger partial charge in [0.1, 0.15) is 16.8 Å². The maximum absolute atomic E-state index is 6.26. The molecule has 0 bridgehead atoms. The minimum absolute atomic E-state index is 0.508. The molecule has 29 heavy (non-hydrogen) atoms. The monoisotopic (exact) mass is 430 g/mol. The van der Waals surface area contributed by atoms with E-state index in [0.29, 0.717) is 10.2 Å². The number of hydrogen-bond donors (Lipinski definition) is 1. The van der Waals surface area contributed by atoms with Gasteiger partial charge in [0, 0.05) is 67.5 Å². The fraction of sp³-hybridized carbons (Fsp3) is 0.381. The number of aromatic nitrogens is 3. The van der Waals surface area contributed by atoms with Crippen LogP contribution in [0.4, 0.5) is 11.5 Å². The average Bonchev–Trinajstić information content (AvgIpc) is 2.71. The molecule has 1 aromatic carbocycles. The fourth-order valence-corrected chi connectivity index (χ4v) is 3.87. The zero-order chi connectivity index (χ0) is 20.2. The van der Waals surface area contributed by atoms with Crippen molar-refractivity contribution < 1.29 is 0 Å². The Morgan fingerprint density at radius 2 is 1.86 bits per heavy atom. The first-order valence-electron chi connectivity index (χ1n) is 9.83. The summed E-state index contributed by atoms with van der Waals surface area (Å²) in [4.78, 5) is 18.1. The van der Waals surface area contributed by atoms with E-state index in [1.165, 1.54) is 0 Å². The number of nitrogens with one attached hydrogen (secondary N) is 1. The van der Waals surface area contributed by atoms with Crippen molar-refractivity contribution in [3.8, 4) is 0 Å². The molecular weight excluding hydrogens is 407 g/mol. The number of likely N-dealkylation sites (N-methyl/N-ethyl adjacent to an activating group) is 1. The van der Waals surface area contributed by atoms with Crippen molar-refractivity contribution in [1.82, 2.24) is 19.9 Å². The number of fused-ring (bicyclic) bond motifs is 1. The molecule has 6 nitrogen and oxygen atoms in total. The molecule has 3 heterocycles. The maximum atomic E-state index is 6.26. The lowest BCUT2D eigenvalue weighted by atomic mass is 10.2. The Labute approximate surface area is 180 Å². The summed E-state index contributed by atoms with van der Waals surface area (Å²) in [6.45, 7) is 4.80. The van der Waals surface area contributed by atoms with Gasteiger partial charge >= 0.3 is 0 Å². The summed E-state index contributed by atoms with van der Waals surface area (Å²) in [5.41, 5.74) is 1.94. The van der Waals surface area contributed by atoms with E-state index >= 15 is 0 Å². The number of rotatable bonds is 6. The van der Waals surface area contributed by atoms with Crippen LogP contribution in [0.15, 0.2) is 36.5 Å². The van der Waals surface area contributed by atoms with Gasteiger partial charge in [0.05, 0.1) is 5.52 Å². The Bertz CT molecular complexity index is 988. The number of halogens is 2. The first kappa shape index (κ1) is 20.1. The normalized spacial score (nSPS) is 15.1.